The fourth-order valence-corrected chi connectivity index (χ4v) is 5.05. The summed E-state index contributed by atoms with van der Waals surface area (Å²) in [4.78, 5) is 40.2. The molecule has 0 saturated carbocycles. The third kappa shape index (κ3) is 11.1. The van der Waals surface area contributed by atoms with Gasteiger partial charge in [0.2, 0.25) is 12.2 Å². The van der Waals surface area contributed by atoms with Crippen LogP contribution in [0.2, 0.25) is 0 Å². The van der Waals surface area contributed by atoms with Gasteiger partial charge in [-0.15, -0.1) is 0 Å². The summed E-state index contributed by atoms with van der Waals surface area (Å²) in [5, 5.41) is 29.7. The Morgan fingerprint density at radius 1 is 0.909 bits per heavy atom. The number of benzene rings is 2. The van der Waals surface area contributed by atoms with Gasteiger partial charge < -0.3 is 29.7 Å². The van der Waals surface area contributed by atoms with E-state index in [9.17, 15) is 29.7 Å². The maximum absolute atomic E-state index is 12.9. The zero-order valence-corrected chi connectivity index (χ0v) is 25.7. The van der Waals surface area contributed by atoms with Gasteiger partial charge in [-0.25, -0.2) is 0 Å². The van der Waals surface area contributed by atoms with Crippen LogP contribution in [-0.4, -0.2) is 82.0 Å². The molecule has 0 radical (unpaired) electrons. The summed E-state index contributed by atoms with van der Waals surface area (Å²) in [5.41, 5.74) is 0.483. The lowest BCUT2D eigenvalue weighted by Crippen LogP contribution is -2.56. The summed E-state index contributed by atoms with van der Waals surface area (Å²) >= 11 is 0. The lowest BCUT2D eigenvalue weighted by atomic mass is 9.92. The first-order valence-corrected chi connectivity index (χ1v) is 15.6. The highest BCUT2D eigenvalue weighted by Crippen LogP contribution is 2.28. The van der Waals surface area contributed by atoms with Gasteiger partial charge in [-0.3, -0.25) is 14.4 Å². The molecule has 1 fully saturated rings. The van der Waals surface area contributed by atoms with Crippen molar-refractivity contribution in [3.05, 3.63) is 65.6 Å². The highest BCUT2D eigenvalue weighted by Gasteiger charge is 2.43. The minimum Gasteiger partial charge on any atom is -0.465 e. The molecule has 2 aromatic rings. The van der Waals surface area contributed by atoms with Crippen LogP contribution in [0, 0.1) is 5.92 Å². The van der Waals surface area contributed by atoms with Gasteiger partial charge in [0, 0.05) is 50.3 Å². The van der Waals surface area contributed by atoms with Crippen LogP contribution >= 0.6 is 0 Å². The van der Waals surface area contributed by atoms with Gasteiger partial charge in [-0.2, -0.15) is 0 Å². The molecule has 0 aliphatic carbocycles. The fourth-order valence-electron chi connectivity index (χ4n) is 5.05. The third-order valence-corrected chi connectivity index (χ3v) is 7.88. The van der Waals surface area contributed by atoms with Crippen LogP contribution < -0.4 is 4.74 Å². The molecule has 242 valence electrons. The number of hydrogen-bond acceptors (Lipinski definition) is 8. The molecule has 3 rings (SSSR count). The van der Waals surface area contributed by atoms with E-state index in [0.717, 1.165) is 24.8 Å². The Kier molecular flexibility index (Phi) is 12.0. The van der Waals surface area contributed by atoms with Crippen LogP contribution in [-0.2, 0) is 20.7 Å². The number of aliphatic hydroxyl groups excluding tert-OH is 3. The van der Waals surface area contributed by atoms with E-state index in [4.69, 9.17) is 16.3 Å². The highest BCUT2D eigenvalue weighted by atomic mass is 16.7. The molecule has 44 heavy (non-hydrogen) atoms. The van der Waals surface area contributed by atoms with Gasteiger partial charge in [-0.1, -0.05) is 75.5 Å². The fraction of sp³-hybridized carbons (Fsp3) is 0.571. The number of amides is 1. The zero-order chi connectivity index (χ0) is 36.2. The molecule has 0 aromatic heterocycles. The predicted molar refractivity (Wildman–Crippen MR) is 167 cm³/mol. The van der Waals surface area contributed by atoms with Gasteiger partial charge in [0.15, 0.2) is 5.78 Å². The monoisotopic (exact) mass is 616 g/mol. The van der Waals surface area contributed by atoms with Crippen molar-refractivity contribution in [1.29, 1.82) is 0 Å². The number of rotatable bonds is 19. The molecular formula is C35H49NO8. The molecule has 0 bridgehead atoms. The molecule has 3 N–H and O–H groups in total. The average molecular weight is 617 g/mol. The number of carbonyl (C=O) groups is 3. The van der Waals surface area contributed by atoms with Crippen molar-refractivity contribution in [3.63, 3.8) is 0 Å². The van der Waals surface area contributed by atoms with Gasteiger partial charge >= 0.3 is 0 Å². The summed E-state index contributed by atoms with van der Waals surface area (Å²) in [6.07, 6.45) is 0.803. The predicted octanol–water partition coefficient (Wildman–Crippen LogP) is 4.49. The van der Waals surface area contributed by atoms with Crippen LogP contribution in [0.15, 0.2) is 54.5 Å². The first kappa shape index (κ1) is 28.4. The lowest BCUT2D eigenvalue weighted by molar-refractivity contribution is -0.256. The Morgan fingerprint density at radius 2 is 1.61 bits per heavy atom. The maximum Gasteiger partial charge on any atom is 0.222 e. The first-order valence-electron chi connectivity index (χ1n) is 18.1. The van der Waals surface area contributed by atoms with Crippen LogP contribution in [0.4, 0.5) is 0 Å². The Balaban J connectivity index is 1.45. The Labute approximate surface area is 268 Å². The number of unbranched alkanes of at least 4 members (excludes halogenated alkanes) is 4. The van der Waals surface area contributed by atoms with Gasteiger partial charge in [0.05, 0.1) is 19.6 Å². The molecular weight excluding hydrogens is 562 g/mol. The largest absolute Gasteiger partial charge is 0.465 e. The third-order valence-electron chi connectivity index (χ3n) is 7.88. The van der Waals surface area contributed by atoms with Crippen LogP contribution in [0.1, 0.15) is 94.4 Å². The second-order valence-corrected chi connectivity index (χ2v) is 11.4. The van der Waals surface area contributed by atoms with E-state index in [1.54, 1.807) is 36.1 Å². The smallest absolute Gasteiger partial charge is 0.222 e. The number of nitrogens with zero attached hydrogens (tertiary/aromatic N) is 1. The van der Waals surface area contributed by atoms with Crippen LogP contribution in [0.3, 0.4) is 0 Å². The number of Topliss-reactive ketones (excluding diaryl/α,β-unsaturated/α-hetero) is 2. The van der Waals surface area contributed by atoms with E-state index in [2.05, 4.69) is 0 Å². The average Bonchev–Trinajstić information content (AvgIpc) is 3.09. The van der Waals surface area contributed by atoms with E-state index < -0.39 is 73.1 Å². The first-order chi connectivity index (χ1) is 23.3. The Hall–Kier alpha value is -3.11. The normalized spacial score (nSPS) is 23.1. The molecule has 9 nitrogen and oxygen atoms in total. The molecule has 0 spiro atoms. The molecule has 1 saturated heterocycles. The van der Waals surface area contributed by atoms with Gasteiger partial charge in [-0.05, 0) is 37.0 Å². The van der Waals surface area contributed by atoms with E-state index in [1.807, 2.05) is 6.92 Å². The topological polar surface area (TPSA) is 134 Å². The number of ether oxygens (including phenoxy) is 2. The van der Waals surface area contributed by atoms with Crippen molar-refractivity contribution in [2.75, 3.05) is 19.7 Å². The molecule has 5 unspecified atom stereocenters. The second kappa shape index (κ2) is 18.6. The summed E-state index contributed by atoms with van der Waals surface area (Å²) in [5.74, 6) is -0.623. The van der Waals surface area contributed by atoms with E-state index >= 15 is 0 Å². The lowest BCUT2D eigenvalue weighted by Gasteiger charge is -2.40. The maximum atomic E-state index is 12.9. The summed E-state index contributed by atoms with van der Waals surface area (Å²) in [6, 6.07) is 4.31. The summed E-state index contributed by atoms with van der Waals surface area (Å²) in [6.45, 7) is 3.99. The highest BCUT2D eigenvalue weighted by molar-refractivity contribution is 5.95. The van der Waals surface area contributed by atoms with Crippen molar-refractivity contribution in [2.45, 2.75) is 103 Å². The Bertz CT molecular complexity index is 1390. The minimum atomic E-state index is -1.22. The summed E-state index contributed by atoms with van der Waals surface area (Å²) in [7, 11) is 0. The molecule has 5 atom stereocenters. The molecule has 9 heteroatoms. The molecule has 1 heterocycles. The quantitative estimate of drug-likeness (QED) is 0.155. The van der Waals surface area contributed by atoms with Crippen LogP contribution in [0.25, 0.3) is 0 Å². The molecule has 1 aliphatic heterocycles. The van der Waals surface area contributed by atoms with Crippen molar-refractivity contribution in [2.24, 2.45) is 5.92 Å². The number of hydrogen-bond donors (Lipinski definition) is 3. The van der Waals surface area contributed by atoms with Gasteiger partial charge in [0.1, 0.15) is 23.7 Å². The van der Waals surface area contributed by atoms with Crippen molar-refractivity contribution < 1.29 is 46.0 Å². The van der Waals surface area contributed by atoms with E-state index in [-0.39, 0.29) is 36.5 Å². The van der Waals surface area contributed by atoms with Crippen molar-refractivity contribution in [3.8, 4) is 5.75 Å². The number of aliphatic hydroxyl groups is 3. The molecule has 1 aliphatic rings. The number of ketones is 2. The van der Waals surface area contributed by atoms with Crippen molar-refractivity contribution >= 4 is 17.5 Å². The SMILES string of the molecule is [2H]c1c([2H])c([2H])c(C(=O)CCCCCCN(CCC(=O)Cc2ccc(OC3OC(CO)C(O)C(O)C3C)cc2)C(=O)CCCC)c([2H])c1[2H]. The van der Waals surface area contributed by atoms with Crippen molar-refractivity contribution in [1.82, 2.24) is 4.90 Å². The van der Waals surface area contributed by atoms with Gasteiger partial charge in [0.25, 0.3) is 0 Å². The van der Waals surface area contributed by atoms with E-state index in [0.29, 0.717) is 44.5 Å². The number of carbonyl (C=O) groups excluding carboxylic acids is 3. The Morgan fingerprint density at radius 3 is 2.30 bits per heavy atom. The van der Waals surface area contributed by atoms with E-state index in [1.165, 1.54) is 0 Å². The second-order valence-electron chi connectivity index (χ2n) is 11.4. The minimum absolute atomic E-state index is 0.00671. The zero-order valence-electron chi connectivity index (χ0n) is 30.7. The molecule has 2 aromatic carbocycles. The standard InChI is InChI=1S/C35H49NO8/c1-3-4-15-32(40)36(21-11-6-5-10-14-30(39)27-12-8-7-9-13-27)22-20-28(38)23-26-16-18-29(19-17-26)43-35-25(2)33(41)34(42)31(24-37)44-35/h7-9,12-13,16-19,25,31,33-35,37,41-42H,3-6,10-11,14-15,20-24H2,1-2H3/i7D,8D,9D,12D,13D. The summed E-state index contributed by atoms with van der Waals surface area (Å²) < 4.78 is 50.6. The van der Waals surface area contributed by atoms with Crippen LogP contribution in [0.5, 0.6) is 5.75 Å². The molecule has 1 amide bonds.